The van der Waals surface area contributed by atoms with Crippen molar-refractivity contribution in [1.29, 1.82) is 0 Å². The van der Waals surface area contributed by atoms with Crippen LogP contribution in [0.3, 0.4) is 0 Å². The lowest BCUT2D eigenvalue weighted by atomic mass is 9.91. The second kappa shape index (κ2) is 5.31. The molecule has 4 nitrogen and oxygen atoms in total. The molecule has 0 saturated carbocycles. The zero-order valence-electron chi connectivity index (χ0n) is 14.1. The van der Waals surface area contributed by atoms with Crippen LogP contribution in [-0.4, -0.2) is 13.9 Å². The number of ether oxygens (including phenoxy) is 4. The second-order valence-electron chi connectivity index (χ2n) is 6.48. The highest BCUT2D eigenvalue weighted by molar-refractivity contribution is 5.95. The van der Waals surface area contributed by atoms with Crippen molar-refractivity contribution in [3.63, 3.8) is 0 Å². The van der Waals surface area contributed by atoms with E-state index < -0.39 is 0 Å². The summed E-state index contributed by atoms with van der Waals surface area (Å²) in [6, 6.07) is 16.3. The first-order valence-corrected chi connectivity index (χ1v) is 8.42. The average molecular weight is 334 g/mol. The highest BCUT2D eigenvalue weighted by atomic mass is 16.7. The summed E-state index contributed by atoms with van der Waals surface area (Å²) in [5.41, 5.74) is 2.27. The lowest BCUT2D eigenvalue weighted by molar-refractivity contribution is 0.173. The van der Waals surface area contributed by atoms with Crippen LogP contribution in [0.5, 0.6) is 23.0 Å². The highest BCUT2D eigenvalue weighted by Gasteiger charge is 2.35. The fourth-order valence-corrected chi connectivity index (χ4v) is 3.81. The summed E-state index contributed by atoms with van der Waals surface area (Å²) in [7, 11) is 1.71. The Morgan fingerprint density at radius 1 is 0.960 bits per heavy atom. The average Bonchev–Trinajstić information content (AvgIpc) is 3.25. The molecule has 3 aromatic rings. The lowest BCUT2D eigenvalue weighted by Gasteiger charge is -2.16. The molecule has 0 N–H and O–H groups in total. The van der Waals surface area contributed by atoms with Gasteiger partial charge in [-0.15, -0.1) is 0 Å². The van der Waals surface area contributed by atoms with E-state index in [-0.39, 0.29) is 18.8 Å². The molecule has 0 radical (unpaired) electrons. The van der Waals surface area contributed by atoms with Crippen LogP contribution in [-0.2, 0) is 0 Å². The van der Waals surface area contributed by atoms with E-state index in [0.717, 1.165) is 39.3 Å². The smallest absolute Gasteiger partial charge is 0.231 e. The molecule has 2 heterocycles. The third-order valence-corrected chi connectivity index (χ3v) is 5.12. The molecule has 0 fully saturated rings. The first kappa shape index (κ1) is 14.5. The van der Waals surface area contributed by atoms with Crippen LogP contribution in [0.25, 0.3) is 10.8 Å². The Morgan fingerprint density at radius 2 is 1.76 bits per heavy atom. The van der Waals surface area contributed by atoms with Crippen LogP contribution < -0.4 is 18.9 Å². The summed E-state index contributed by atoms with van der Waals surface area (Å²) in [5.74, 6) is 3.63. The van der Waals surface area contributed by atoms with Gasteiger partial charge in [-0.2, -0.15) is 0 Å². The Hall–Kier alpha value is -2.88. The minimum atomic E-state index is -0.0555. The quantitative estimate of drug-likeness (QED) is 0.674. The van der Waals surface area contributed by atoms with Crippen LogP contribution in [0.4, 0.5) is 0 Å². The zero-order valence-corrected chi connectivity index (χ0v) is 14.1. The molecule has 0 saturated heterocycles. The van der Waals surface area contributed by atoms with Crippen LogP contribution >= 0.6 is 0 Å². The van der Waals surface area contributed by atoms with E-state index in [1.807, 2.05) is 24.3 Å². The van der Waals surface area contributed by atoms with Gasteiger partial charge in [0.2, 0.25) is 6.79 Å². The molecule has 0 bridgehead atoms. The number of rotatable bonds is 2. The molecule has 2 aliphatic rings. The maximum Gasteiger partial charge on any atom is 0.231 e. The number of fused-ring (bicyclic) bond motifs is 4. The second-order valence-corrected chi connectivity index (χ2v) is 6.48. The number of hydrogen-bond donors (Lipinski definition) is 0. The van der Waals surface area contributed by atoms with Crippen molar-refractivity contribution in [2.75, 3.05) is 13.9 Å². The largest absolute Gasteiger partial charge is 0.496 e. The molecule has 3 aromatic carbocycles. The molecule has 0 amide bonds. The molecular formula is C21H18O4. The molecule has 0 unspecified atom stereocenters. The summed E-state index contributed by atoms with van der Waals surface area (Å²) in [5, 5.41) is 2.16. The van der Waals surface area contributed by atoms with E-state index in [4.69, 9.17) is 18.9 Å². The van der Waals surface area contributed by atoms with Crippen LogP contribution in [0.2, 0.25) is 0 Å². The van der Waals surface area contributed by atoms with Gasteiger partial charge in [-0.3, -0.25) is 0 Å². The standard InChI is InChI=1S/C21H18O4/c1-12-16-10-18(22-2)14-5-3-4-6-15(14)21(16)25-20(12)13-7-8-17-19(9-13)24-11-23-17/h3-10,12,20H,11H2,1-2H3/t12-,20-/m1/s1. The first-order valence-electron chi connectivity index (χ1n) is 8.42. The van der Waals surface area contributed by atoms with Gasteiger partial charge < -0.3 is 18.9 Å². The molecule has 126 valence electrons. The van der Waals surface area contributed by atoms with E-state index in [0.29, 0.717) is 0 Å². The summed E-state index contributed by atoms with van der Waals surface area (Å²) < 4.78 is 23.0. The fraction of sp³-hybridized carbons (Fsp3) is 0.238. The molecule has 4 heteroatoms. The van der Waals surface area contributed by atoms with Gasteiger partial charge in [0.1, 0.15) is 17.6 Å². The summed E-state index contributed by atoms with van der Waals surface area (Å²) in [4.78, 5) is 0. The van der Waals surface area contributed by atoms with Crippen molar-refractivity contribution in [1.82, 2.24) is 0 Å². The number of hydrogen-bond acceptors (Lipinski definition) is 4. The van der Waals surface area contributed by atoms with E-state index >= 15 is 0 Å². The minimum Gasteiger partial charge on any atom is -0.496 e. The molecule has 0 spiro atoms. The summed E-state index contributed by atoms with van der Waals surface area (Å²) in [6.45, 7) is 2.47. The number of methoxy groups -OCH3 is 1. The Morgan fingerprint density at radius 3 is 2.60 bits per heavy atom. The van der Waals surface area contributed by atoms with Gasteiger partial charge >= 0.3 is 0 Å². The molecule has 2 atom stereocenters. The summed E-state index contributed by atoms with van der Waals surface area (Å²) in [6.07, 6.45) is -0.0555. The van der Waals surface area contributed by atoms with Gasteiger partial charge in [0, 0.05) is 22.3 Å². The van der Waals surface area contributed by atoms with Gasteiger partial charge in [-0.05, 0) is 23.8 Å². The zero-order chi connectivity index (χ0) is 17.0. The van der Waals surface area contributed by atoms with Gasteiger partial charge in [0.05, 0.1) is 7.11 Å². The van der Waals surface area contributed by atoms with Crippen molar-refractivity contribution in [2.24, 2.45) is 0 Å². The monoisotopic (exact) mass is 334 g/mol. The Balaban J connectivity index is 1.63. The Labute approximate surface area is 145 Å². The van der Waals surface area contributed by atoms with Gasteiger partial charge in [0.25, 0.3) is 0 Å². The lowest BCUT2D eigenvalue weighted by Crippen LogP contribution is -2.07. The van der Waals surface area contributed by atoms with Crippen molar-refractivity contribution in [3.05, 3.63) is 59.7 Å². The Kier molecular flexibility index (Phi) is 3.07. The van der Waals surface area contributed by atoms with Crippen molar-refractivity contribution in [3.8, 4) is 23.0 Å². The van der Waals surface area contributed by atoms with Gasteiger partial charge in [0.15, 0.2) is 11.5 Å². The maximum absolute atomic E-state index is 6.43. The highest BCUT2D eigenvalue weighted by Crippen LogP contribution is 2.52. The third-order valence-electron chi connectivity index (χ3n) is 5.12. The maximum atomic E-state index is 6.43. The SMILES string of the molecule is COc1cc2c(c3ccccc13)O[C@@H](c1ccc3c(c1)OCO3)[C@@H]2C. The summed E-state index contributed by atoms with van der Waals surface area (Å²) >= 11 is 0. The van der Waals surface area contributed by atoms with Crippen LogP contribution in [0.15, 0.2) is 48.5 Å². The molecule has 25 heavy (non-hydrogen) atoms. The normalized spacial score (nSPS) is 20.4. The topological polar surface area (TPSA) is 36.9 Å². The third kappa shape index (κ3) is 2.07. The predicted octanol–water partition coefficient (Wildman–Crippen LogP) is 4.81. The van der Waals surface area contributed by atoms with Crippen molar-refractivity contribution < 1.29 is 18.9 Å². The minimum absolute atomic E-state index is 0.0555. The number of benzene rings is 3. The first-order chi connectivity index (χ1) is 12.3. The Bertz CT molecular complexity index is 979. The van der Waals surface area contributed by atoms with Gasteiger partial charge in [-0.25, -0.2) is 0 Å². The molecule has 0 aromatic heterocycles. The van der Waals surface area contributed by atoms with Crippen LogP contribution in [0, 0.1) is 0 Å². The predicted molar refractivity (Wildman–Crippen MR) is 94.8 cm³/mol. The van der Waals surface area contributed by atoms with Crippen molar-refractivity contribution in [2.45, 2.75) is 18.9 Å². The van der Waals surface area contributed by atoms with E-state index in [1.165, 1.54) is 5.56 Å². The van der Waals surface area contributed by atoms with E-state index in [9.17, 15) is 0 Å². The molecule has 0 aliphatic carbocycles. The van der Waals surface area contributed by atoms with Gasteiger partial charge in [-0.1, -0.05) is 37.3 Å². The molecular weight excluding hydrogens is 316 g/mol. The van der Waals surface area contributed by atoms with E-state index in [1.54, 1.807) is 7.11 Å². The molecule has 5 rings (SSSR count). The fourth-order valence-electron chi connectivity index (χ4n) is 3.81. The van der Waals surface area contributed by atoms with Crippen LogP contribution in [0.1, 0.15) is 30.1 Å². The molecule has 2 aliphatic heterocycles. The van der Waals surface area contributed by atoms with Crippen molar-refractivity contribution >= 4 is 10.8 Å². The van der Waals surface area contributed by atoms with E-state index in [2.05, 4.69) is 31.2 Å².